The van der Waals surface area contributed by atoms with E-state index in [1.807, 2.05) is 18.2 Å². The fourth-order valence-corrected chi connectivity index (χ4v) is 4.20. The summed E-state index contributed by atoms with van der Waals surface area (Å²) >= 11 is 0. The third-order valence-corrected chi connectivity index (χ3v) is 5.96. The average Bonchev–Trinajstić information content (AvgIpc) is 3.35. The fraction of sp³-hybridized carbons (Fsp3) is 0.308. The fourth-order valence-electron chi connectivity index (χ4n) is 4.20. The number of amides is 2. The summed E-state index contributed by atoms with van der Waals surface area (Å²) < 4.78 is 38.4. The molecule has 0 bridgehead atoms. The van der Waals surface area contributed by atoms with Crippen molar-refractivity contribution in [3.05, 3.63) is 95.1 Å². The van der Waals surface area contributed by atoms with Gasteiger partial charge in [0.05, 0.1) is 22.9 Å². The first-order valence-corrected chi connectivity index (χ1v) is 11.4. The van der Waals surface area contributed by atoms with Gasteiger partial charge in [0.1, 0.15) is 0 Å². The minimum atomic E-state index is -4.36. The number of rotatable bonds is 7. The monoisotopic (exact) mass is 482 g/mol. The molecule has 2 amide bonds. The number of pyridine rings is 2. The Morgan fingerprint density at radius 3 is 2.57 bits per heavy atom. The molecule has 2 aromatic heterocycles. The molecule has 3 heterocycles. The number of halogens is 3. The molecule has 9 heteroatoms. The van der Waals surface area contributed by atoms with Crippen molar-refractivity contribution >= 4 is 11.8 Å². The van der Waals surface area contributed by atoms with Crippen LogP contribution in [-0.2, 0) is 17.4 Å². The lowest BCUT2D eigenvalue weighted by molar-refractivity contribution is -0.137. The van der Waals surface area contributed by atoms with Crippen LogP contribution in [0, 0.1) is 0 Å². The molecule has 0 saturated carbocycles. The lowest BCUT2D eigenvalue weighted by Crippen LogP contribution is -2.34. The van der Waals surface area contributed by atoms with Crippen LogP contribution in [0.25, 0.3) is 0 Å². The zero-order valence-corrected chi connectivity index (χ0v) is 19.0. The predicted octanol–water partition coefficient (Wildman–Crippen LogP) is 4.57. The standard InChI is InChI=1S/C26H25F3N4O2/c27-26(28,29)20-10-8-18(9-11-20)16-21-5-1-6-22(32-21)23-7-3-15-33(23)24(34)12-14-31-25(35)19-4-2-13-30-17-19/h1-2,4-6,8-11,13,17,23H,3,7,12,14-16H2,(H,31,35)/t23-/m1/s1. The Labute approximate surface area is 201 Å². The van der Waals surface area contributed by atoms with Crippen LogP contribution in [-0.4, -0.2) is 39.8 Å². The number of carbonyl (C=O) groups excluding carboxylic acids is 2. The minimum absolute atomic E-state index is 0.0612. The number of alkyl halides is 3. The topological polar surface area (TPSA) is 75.2 Å². The molecule has 1 atom stereocenters. The summed E-state index contributed by atoms with van der Waals surface area (Å²) in [5, 5.41) is 2.75. The highest BCUT2D eigenvalue weighted by Crippen LogP contribution is 2.32. The van der Waals surface area contributed by atoms with Crippen molar-refractivity contribution in [2.75, 3.05) is 13.1 Å². The molecule has 1 aromatic carbocycles. The SMILES string of the molecule is O=C(NCCC(=O)N1CCC[C@@H]1c1cccc(Cc2ccc(C(F)(F)F)cc2)n1)c1cccnc1. The Morgan fingerprint density at radius 1 is 1.06 bits per heavy atom. The first-order valence-electron chi connectivity index (χ1n) is 11.4. The maximum atomic E-state index is 12.9. The van der Waals surface area contributed by atoms with Gasteiger partial charge in [-0.25, -0.2) is 0 Å². The van der Waals surface area contributed by atoms with Gasteiger partial charge in [0.2, 0.25) is 5.91 Å². The lowest BCUT2D eigenvalue weighted by atomic mass is 10.1. The summed E-state index contributed by atoms with van der Waals surface area (Å²) in [6.45, 7) is 0.835. The van der Waals surface area contributed by atoms with Crippen molar-refractivity contribution in [1.82, 2.24) is 20.2 Å². The van der Waals surface area contributed by atoms with Gasteiger partial charge in [-0.05, 0) is 54.8 Å². The highest BCUT2D eigenvalue weighted by Gasteiger charge is 2.31. The van der Waals surface area contributed by atoms with Crippen molar-refractivity contribution in [1.29, 1.82) is 0 Å². The van der Waals surface area contributed by atoms with E-state index in [-0.39, 0.29) is 30.8 Å². The third-order valence-electron chi connectivity index (χ3n) is 5.96. The first-order chi connectivity index (χ1) is 16.8. The van der Waals surface area contributed by atoms with Gasteiger partial charge in [0, 0.05) is 44.0 Å². The summed E-state index contributed by atoms with van der Waals surface area (Å²) in [7, 11) is 0. The van der Waals surface area contributed by atoms with Crippen LogP contribution in [0.3, 0.4) is 0 Å². The van der Waals surface area contributed by atoms with Gasteiger partial charge in [0.25, 0.3) is 5.91 Å². The van der Waals surface area contributed by atoms with Crippen molar-refractivity contribution < 1.29 is 22.8 Å². The molecule has 3 aromatic rings. The van der Waals surface area contributed by atoms with E-state index in [9.17, 15) is 22.8 Å². The van der Waals surface area contributed by atoms with E-state index in [0.717, 1.165) is 41.9 Å². The number of likely N-dealkylation sites (tertiary alicyclic amines) is 1. The van der Waals surface area contributed by atoms with E-state index in [1.165, 1.54) is 18.3 Å². The maximum absolute atomic E-state index is 12.9. The molecule has 0 spiro atoms. The Bertz CT molecular complexity index is 1170. The molecular formula is C26H25F3N4O2. The molecule has 6 nitrogen and oxygen atoms in total. The maximum Gasteiger partial charge on any atom is 0.416 e. The van der Waals surface area contributed by atoms with Gasteiger partial charge in [0.15, 0.2) is 0 Å². The molecule has 182 valence electrons. The molecule has 35 heavy (non-hydrogen) atoms. The normalized spacial score (nSPS) is 15.7. The minimum Gasteiger partial charge on any atom is -0.351 e. The Morgan fingerprint density at radius 2 is 1.86 bits per heavy atom. The molecule has 0 unspecified atom stereocenters. The van der Waals surface area contributed by atoms with Crippen LogP contribution in [0.5, 0.6) is 0 Å². The van der Waals surface area contributed by atoms with Crippen molar-refractivity contribution in [3.63, 3.8) is 0 Å². The Kier molecular flexibility index (Phi) is 7.43. The number of nitrogens with one attached hydrogen (secondary N) is 1. The molecular weight excluding hydrogens is 457 g/mol. The molecule has 0 radical (unpaired) electrons. The molecule has 0 aliphatic carbocycles. The van der Waals surface area contributed by atoms with Gasteiger partial charge in [-0.1, -0.05) is 18.2 Å². The summed E-state index contributed by atoms with van der Waals surface area (Å²) in [6, 6.07) is 13.8. The van der Waals surface area contributed by atoms with Crippen LogP contribution in [0.1, 0.15) is 58.2 Å². The van der Waals surface area contributed by atoms with Gasteiger partial charge < -0.3 is 10.2 Å². The van der Waals surface area contributed by atoms with Gasteiger partial charge >= 0.3 is 6.18 Å². The molecule has 1 aliphatic heterocycles. The second-order valence-electron chi connectivity index (χ2n) is 8.42. The molecule has 1 aliphatic rings. The molecule has 4 rings (SSSR count). The second kappa shape index (κ2) is 10.7. The lowest BCUT2D eigenvalue weighted by Gasteiger charge is -2.25. The zero-order chi connectivity index (χ0) is 24.8. The number of hydrogen-bond acceptors (Lipinski definition) is 4. The van der Waals surface area contributed by atoms with E-state index >= 15 is 0 Å². The van der Waals surface area contributed by atoms with E-state index in [1.54, 1.807) is 23.2 Å². The summed E-state index contributed by atoms with van der Waals surface area (Å²) in [5.41, 5.74) is 1.98. The van der Waals surface area contributed by atoms with E-state index in [4.69, 9.17) is 4.98 Å². The molecule has 1 fully saturated rings. The summed E-state index contributed by atoms with van der Waals surface area (Å²) in [6.07, 6.45) is 0.892. The van der Waals surface area contributed by atoms with Gasteiger partial charge in [-0.2, -0.15) is 13.2 Å². The molecule has 1 N–H and O–H groups in total. The first kappa shape index (κ1) is 24.4. The van der Waals surface area contributed by atoms with Gasteiger partial charge in [-0.15, -0.1) is 0 Å². The van der Waals surface area contributed by atoms with Crippen LogP contribution in [0.15, 0.2) is 67.0 Å². The van der Waals surface area contributed by atoms with Crippen molar-refractivity contribution in [2.24, 2.45) is 0 Å². The van der Waals surface area contributed by atoms with Gasteiger partial charge in [-0.3, -0.25) is 19.6 Å². The van der Waals surface area contributed by atoms with Crippen LogP contribution in [0.2, 0.25) is 0 Å². The number of hydrogen-bond donors (Lipinski definition) is 1. The Hall–Kier alpha value is -3.75. The largest absolute Gasteiger partial charge is 0.416 e. The van der Waals surface area contributed by atoms with Crippen molar-refractivity contribution in [2.45, 2.75) is 37.9 Å². The van der Waals surface area contributed by atoms with E-state index in [2.05, 4.69) is 10.3 Å². The number of carbonyl (C=O) groups is 2. The quantitative estimate of drug-likeness (QED) is 0.535. The highest BCUT2D eigenvalue weighted by atomic mass is 19.4. The number of aromatic nitrogens is 2. The second-order valence-corrected chi connectivity index (χ2v) is 8.42. The number of nitrogens with zero attached hydrogens (tertiary/aromatic N) is 3. The van der Waals surface area contributed by atoms with Crippen molar-refractivity contribution in [3.8, 4) is 0 Å². The highest BCUT2D eigenvalue weighted by molar-refractivity contribution is 5.94. The average molecular weight is 483 g/mol. The van der Waals surface area contributed by atoms with Crippen LogP contribution in [0.4, 0.5) is 13.2 Å². The van der Waals surface area contributed by atoms with E-state index < -0.39 is 11.7 Å². The molecule has 1 saturated heterocycles. The smallest absolute Gasteiger partial charge is 0.351 e. The zero-order valence-electron chi connectivity index (χ0n) is 19.0. The van der Waals surface area contributed by atoms with E-state index in [0.29, 0.717) is 18.5 Å². The third kappa shape index (κ3) is 6.23. The van der Waals surface area contributed by atoms with Crippen LogP contribution < -0.4 is 5.32 Å². The summed E-state index contributed by atoms with van der Waals surface area (Å²) in [5.74, 6) is -0.338. The summed E-state index contributed by atoms with van der Waals surface area (Å²) in [4.78, 5) is 35.4. The number of benzene rings is 1. The Balaban J connectivity index is 1.36. The van der Waals surface area contributed by atoms with Crippen LogP contribution >= 0.6 is 0 Å². The predicted molar refractivity (Wildman–Crippen MR) is 123 cm³/mol.